The zero-order chi connectivity index (χ0) is 47.1. The van der Waals surface area contributed by atoms with Crippen LogP contribution in [0.5, 0.6) is 5.75 Å². The normalized spacial score (nSPS) is 14.0. The number of pyridine rings is 2. The van der Waals surface area contributed by atoms with E-state index in [2.05, 4.69) is 29.0 Å². The fourth-order valence-electron chi connectivity index (χ4n) is 9.13. The monoisotopic (exact) mass is 938 g/mol. The first kappa shape index (κ1) is 45.6. The summed E-state index contributed by atoms with van der Waals surface area (Å²) in [6.07, 6.45) is 6.73. The van der Waals surface area contributed by atoms with Gasteiger partial charge in [0.2, 0.25) is 0 Å². The molecule has 7 heterocycles. The zero-order valence-electron chi connectivity index (χ0n) is 38.6. The molecule has 0 saturated heterocycles. The van der Waals surface area contributed by atoms with Gasteiger partial charge in [-0.15, -0.1) is 21.5 Å². The summed E-state index contributed by atoms with van der Waals surface area (Å²) < 4.78 is 22.8. The third kappa shape index (κ3) is 8.67. The Hall–Kier alpha value is -6.55. The van der Waals surface area contributed by atoms with Gasteiger partial charge in [0.05, 0.1) is 60.1 Å². The van der Waals surface area contributed by atoms with Gasteiger partial charge in [0.25, 0.3) is 0 Å². The number of Topliss-reactive ketones (excluding diaryl/α,β-unsaturated/α-hetero) is 2. The number of furan rings is 1. The van der Waals surface area contributed by atoms with Crippen molar-refractivity contribution in [2.75, 3.05) is 20.3 Å². The second kappa shape index (κ2) is 19.0. The molecule has 1 aliphatic rings. The van der Waals surface area contributed by atoms with Crippen LogP contribution in [-0.2, 0) is 20.9 Å². The molecule has 0 saturated carbocycles. The molecular formula is C51H51ClN8O6S. The van der Waals surface area contributed by atoms with Gasteiger partial charge in [-0.25, -0.2) is 4.79 Å². The first-order valence-corrected chi connectivity index (χ1v) is 23.6. The molecule has 14 nitrogen and oxygen atoms in total. The maximum absolute atomic E-state index is 14.4. The van der Waals surface area contributed by atoms with Crippen molar-refractivity contribution in [3.8, 4) is 21.9 Å². The first-order chi connectivity index (χ1) is 32.3. The van der Waals surface area contributed by atoms with Crippen molar-refractivity contribution >= 4 is 62.2 Å². The van der Waals surface area contributed by atoms with Crippen molar-refractivity contribution in [2.45, 2.75) is 92.3 Å². The Balaban J connectivity index is 0.857. The highest BCUT2D eigenvalue weighted by atomic mass is 35.5. The molecule has 8 aromatic rings. The standard InChI is InChI=1S/C51H51ClN8O6S/c1-28-27-66-31(4)45(28)39-23-41-38(24-44(39)64-7)48-43(25-54-41)58(51(63)59(48)30(3)40-14-8-9-19-53-40)26-37(62)13-11-21-65-20-10-12-36(61)22-42-49-57-56-33(6)60(49)50-46(29(2)32(5)67-50)47(55-42)34-15-17-35(52)18-16-34/h8-9,14-19,23-25,27,30,42H,10-13,20-22,26H2,1-7H3. The molecule has 0 spiro atoms. The molecule has 0 bridgehead atoms. The van der Waals surface area contributed by atoms with E-state index < -0.39 is 12.1 Å². The van der Waals surface area contributed by atoms with Crippen LogP contribution < -0.4 is 10.4 Å². The number of fused-ring (bicyclic) bond motifs is 6. The number of carbonyl (C=O) groups is 2. The van der Waals surface area contributed by atoms with E-state index in [9.17, 15) is 14.4 Å². The Morgan fingerprint density at radius 3 is 2.40 bits per heavy atom. The van der Waals surface area contributed by atoms with Gasteiger partial charge in [-0.2, -0.15) is 0 Å². The predicted octanol–water partition coefficient (Wildman–Crippen LogP) is 10.2. The highest BCUT2D eigenvalue weighted by Gasteiger charge is 2.32. The summed E-state index contributed by atoms with van der Waals surface area (Å²) >= 11 is 7.93. The van der Waals surface area contributed by atoms with Crippen LogP contribution in [0.3, 0.4) is 0 Å². The number of ketones is 2. The molecule has 0 radical (unpaired) electrons. The molecule has 9 rings (SSSR count). The maximum Gasteiger partial charge on any atom is 0.330 e. The molecule has 0 fully saturated rings. The van der Waals surface area contributed by atoms with E-state index in [-0.39, 0.29) is 36.6 Å². The number of methoxy groups -OCH3 is 1. The number of carbonyl (C=O) groups excluding carboxylic acids is 2. The number of halogens is 1. The Labute approximate surface area is 396 Å². The maximum atomic E-state index is 14.4. The molecule has 344 valence electrons. The molecule has 1 aliphatic heterocycles. The molecule has 67 heavy (non-hydrogen) atoms. The highest BCUT2D eigenvalue weighted by molar-refractivity contribution is 7.15. The average Bonchev–Trinajstić information content (AvgIpc) is 4.02. The Morgan fingerprint density at radius 2 is 1.70 bits per heavy atom. The average molecular weight is 940 g/mol. The number of thiophene rings is 1. The summed E-state index contributed by atoms with van der Waals surface area (Å²) in [5.74, 6) is 2.67. The first-order valence-electron chi connectivity index (χ1n) is 22.4. The molecule has 16 heteroatoms. The predicted molar refractivity (Wildman–Crippen MR) is 260 cm³/mol. The summed E-state index contributed by atoms with van der Waals surface area (Å²) in [6, 6.07) is 16.1. The van der Waals surface area contributed by atoms with Gasteiger partial charge in [-0.1, -0.05) is 29.8 Å². The van der Waals surface area contributed by atoms with Crippen molar-refractivity contribution in [1.29, 1.82) is 0 Å². The van der Waals surface area contributed by atoms with Gasteiger partial charge in [0, 0.05) is 76.2 Å². The lowest BCUT2D eigenvalue weighted by Gasteiger charge is -2.15. The summed E-state index contributed by atoms with van der Waals surface area (Å²) in [4.78, 5) is 57.4. The van der Waals surface area contributed by atoms with Gasteiger partial charge in [0.1, 0.15) is 34.2 Å². The Kier molecular flexibility index (Phi) is 12.9. The number of benzene rings is 2. The quantitative estimate of drug-likeness (QED) is 0.0804. The van der Waals surface area contributed by atoms with Crippen molar-refractivity contribution in [2.24, 2.45) is 4.99 Å². The van der Waals surface area contributed by atoms with Gasteiger partial charge < -0.3 is 13.9 Å². The zero-order valence-corrected chi connectivity index (χ0v) is 40.1. The summed E-state index contributed by atoms with van der Waals surface area (Å²) in [5, 5.41) is 11.3. The summed E-state index contributed by atoms with van der Waals surface area (Å²) in [5.41, 5.74) is 8.79. The van der Waals surface area contributed by atoms with Crippen molar-refractivity contribution in [3.63, 3.8) is 0 Å². The van der Waals surface area contributed by atoms with E-state index in [0.717, 1.165) is 55.7 Å². The minimum absolute atomic E-state index is 0.0413. The van der Waals surface area contributed by atoms with E-state index in [0.29, 0.717) is 76.7 Å². The highest BCUT2D eigenvalue weighted by Crippen LogP contribution is 2.42. The molecule has 2 unspecified atom stereocenters. The third-order valence-corrected chi connectivity index (χ3v) is 14.1. The second-order valence-electron chi connectivity index (χ2n) is 17.1. The van der Waals surface area contributed by atoms with E-state index >= 15 is 0 Å². The minimum atomic E-state index is -0.531. The number of rotatable bonds is 17. The lowest BCUT2D eigenvalue weighted by Crippen LogP contribution is -2.29. The van der Waals surface area contributed by atoms with Gasteiger partial charge in [0.15, 0.2) is 11.6 Å². The van der Waals surface area contributed by atoms with Crippen molar-refractivity contribution in [3.05, 3.63) is 139 Å². The number of ether oxygens (including phenoxy) is 2. The summed E-state index contributed by atoms with van der Waals surface area (Å²) in [6.45, 7) is 12.5. The SMILES string of the molecule is COc1cc2c(cc1-c1c(C)coc1C)ncc1c2n(C(C)c2ccccn2)c(=O)n1CC(=O)CCCOCCCC(=O)CC1N=C(c2ccc(Cl)cc2)c2c(sc(C)c2C)-n2c(C)nnc21. The van der Waals surface area contributed by atoms with Crippen molar-refractivity contribution < 1.29 is 23.5 Å². The van der Waals surface area contributed by atoms with Crippen LogP contribution in [0.2, 0.25) is 5.02 Å². The molecule has 0 N–H and O–H groups in total. The second-order valence-corrected chi connectivity index (χ2v) is 18.7. The van der Waals surface area contributed by atoms with E-state index in [1.54, 1.807) is 41.7 Å². The lowest BCUT2D eigenvalue weighted by molar-refractivity contribution is -0.120. The fourth-order valence-corrected chi connectivity index (χ4v) is 10.5. The van der Waals surface area contributed by atoms with Crippen LogP contribution in [0.1, 0.15) is 101 Å². The molecule has 2 aromatic carbocycles. The lowest BCUT2D eigenvalue weighted by atomic mass is 9.99. The number of aryl methyl sites for hydroxylation is 4. The number of aliphatic imine (C=N–C) groups is 1. The molecule has 2 atom stereocenters. The molecule has 0 amide bonds. The van der Waals surface area contributed by atoms with E-state index in [4.69, 9.17) is 35.5 Å². The van der Waals surface area contributed by atoms with E-state index in [1.807, 2.05) is 86.9 Å². The number of hydrogen-bond acceptors (Lipinski definition) is 12. The number of aromatic nitrogens is 7. The topological polar surface area (TPSA) is 162 Å². The summed E-state index contributed by atoms with van der Waals surface area (Å²) in [7, 11) is 1.61. The number of hydrogen-bond donors (Lipinski definition) is 0. The van der Waals surface area contributed by atoms with Crippen LogP contribution in [-0.4, -0.2) is 71.5 Å². The van der Waals surface area contributed by atoms with Crippen LogP contribution >= 0.6 is 22.9 Å². The third-order valence-electron chi connectivity index (χ3n) is 12.6. The van der Waals surface area contributed by atoms with Gasteiger partial charge >= 0.3 is 5.69 Å². The smallest absolute Gasteiger partial charge is 0.330 e. The minimum Gasteiger partial charge on any atom is -0.496 e. The van der Waals surface area contributed by atoms with Gasteiger partial charge in [-0.3, -0.25) is 38.3 Å². The van der Waals surface area contributed by atoms with Crippen LogP contribution in [0.4, 0.5) is 0 Å². The molecular weight excluding hydrogens is 888 g/mol. The Morgan fingerprint density at radius 1 is 0.940 bits per heavy atom. The largest absolute Gasteiger partial charge is 0.496 e. The number of nitrogens with zero attached hydrogens (tertiary/aromatic N) is 8. The fraction of sp³-hybridized carbons (Fsp3) is 0.333. The van der Waals surface area contributed by atoms with Crippen molar-refractivity contribution in [1.82, 2.24) is 33.9 Å². The van der Waals surface area contributed by atoms with Crippen LogP contribution in [0, 0.1) is 34.6 Å². The molecule has 0 aliphatic carbocycles. The van der Waals surface area contributed by atoms with Crippen LogP contribution in [0.15, 0.2) is 87.5 Å². The molecule has 6 aromatic heterocycles. The Bertz CT molecular complexity index is 3250. The van der Waals surface area contributed by atoms with Gasteiger partial charge in [-0.05, 0) is 102 Å². The van der Waals surface area contributed by atoms with E-state index in [1.165, 1.54) is 9.44 Å². The van der Waals surface area contributed by atoms with Crippen LogP contribution in [0.25, 0.3) is 38.1 Å². The number of imidazole rings is 1.